The van der Waals surface area contributed by atoms with Crippen molar-refractivity contribution in [3.05, 3.63) is 0 Å². The fourth-order valence-electron chi connectivity index (χ4n) is 1.54. The number of aliphatic hydroxyl groups is 1. The molecule has 3 nitrogen and oxygen atoms in total. The summed E-state index contributed by atoms with van der Waals surface area (Å²) in [5.74, 6) is 0. The van der Waals surface area contributed by atoms with Crippen LogP contribution in [0.15, 0.2) is 0 Å². The lowest BCUT2D eigenvalue weighted by molar-refractivity contribution is 0.0518. The Morgan fingerprint density at radius 2 is 1.82 bits per heavy atom. The van der Waals surface area contributed by atoms with E-state index in [1.54, 1.807) is 0 Å². The first-order chi connectivity index (χ1) is 5.22. The number of piperidine rings is 1. The van der Waals surface area contributed by atoms with E-state index in [0.29, 0.717) is 0 Å². The minimum atomic E-state index is -0.687. The number of aliphatic hydroxyl groups excluding tert-OH is 1. The Hall–Kier alpha value is -0.120. The van der Waals surface area contributed by atoms with E-state index >= 15 is 0 Å². The molecule has 1 fully saturated rings. The molecular formula is C8H18N2O. The van der Waals surface area contributed by atoms with Crippen molar-refractivity contribution in [2.45, 2.75) is 38.5 Å². The van der Waals surface area contributed by atoms with Crippen molar-refractivity contribution < 1.29 is 5.11 Å². The molecule has 0 aromatic carbocycles. The molecule has 1 aliphatic heterocycles. The number of likely N-dealkylation sites (tertiary alicyclic amines) is 1. The van der Waals surface area contributed by atoms with Crippen molar-refractivity contribution in [3.63, 3.8) is 0 Å². The Kier molecular flexibility index (Phi) is 3.30. The summed E-state index contributed by atoms with van der Waals surface area (Å²) in [5, 5.41) is 9.11. The van der Waals surface area contributed by atoms with E-state index in [2.05, 4.69) is 4.90 Å². The fraction of sp³-hybridized carbons (Fsp3) is 1.00. The van der Waals surface area contributed by atoms with Gasteiger partial charge < -0.3 is 10.8 Å². The highest BCUT2D eigenvalue weighted by atomic mass is 16.3. The summed E-state index contributed by atoms with van der Waals surface area (Å²) < 4.78 is 0. The normalized spacial score (nSPS) is 26.5. The van der Waals surface area contributed by atoms with E-state index in [9.17, 15) is 0 Å². The number of hydrogen-bond donors (Lipinski definition) is 2. The third kappa shape index (κ3) is 2.43. The predicted molar refractivity (Wildman–Crippen MR) is 45.1 cm³/mol. The van der Waals surface area contributed by atoms with Crippen LogP contribution >= 0.6 is 0 Å². The van der Waals surface area contributed by atoms with Crippen LogP contribution in [0.3, 0.4) is 0 Å². The molecule has 0 aliphatic carbocycles. The number of nitrogens with two attached hydrogens (primary N) is 1. The number of nitrogens with zero attached hydrogens (tertiary/aromatic N) is 1. The van der Waals surface area contributed by atoms with E-state index in [1.165, 1.54) is 19.3 Å². The van der Waals surface area contributed by atoms with Gasteiger partial charge in [-0.2, -0.15) is 0 Å². The molecule has 0 aromatic rings. The van der Waals surface area contributed by atoms with Crippen LogP contribution in [-0.4, -0.2) is 35.4 Å². The molecule has 2 unspecified atom stereocenters. The van der Waals surface area contributed by atoms with Crippen LogP contribution in [0.5, 0.6) is 0 Å². The third-order valence-corrected chi connectivity index (χ3v) is 2.46. The molecule has 0 saturated carbocycles. The first kappa shape index (κ1) is 8.97. The molecule has 0 spiro atoms. The van der Waals surface area contributed by atoms with Gasteiger partial charge in [-0.05, 0) is 32.9 Å². The first-order valence-corrected chi connectivity index (χ1v) is 4.39. The Balaban J connectivity index is 2.32. The lowest BCUT2D eigenvalue weighted by atomic mass is 10.1. The maximum absolute atomic E-state index is 9.11. The molecule has 0 bridgehead atoms. The molecular weight excluding hydrogens is 140 g/mol. The minimum Gasteiger partial charge on any atom is -0.377 e. The molecule has 0 aromatic heterocycles. The molecule has 1 rings (SSSR count). The van der Waals surface area contributed by atoms with E-state index in [4.69, 9.17) is 10.8 Å². The van der Waals surface area contributed by atoms with Gasteiger partial charge in [0.25, 0.3) is 0 Å². The Morgan fingerprint density at radius 1 is 1.27 bits per heavy atom. The van der Waals surface area contributed by atoms with Gasteiger partial charge in [-0.3, -0.25) is 4.90 Å². The minimum absolute atomic E-state index is 0.121. The van der Waals surface area contributed by atoms with Crippen LogP contribution in [0.2, 0.25) is 0 Å². The Labute approximate surface area is 68.2 Å². The second kappa shape index (κ2) is 4.04. The molecule has 66 valence electrons. The summed E-state index contributed by atoms with van der Waals surface area (Å²) in [6, 6.07) is 0.121. The van der Waals surface area contributed by atoms with Gasteiger partial charge in [0, 0.05) is 6.04 Å². The van der Waals surface area contributed by atoms with Crippen molar-refractivity contribution in [1.29, 1.82) is 0 Å². The first-order valence-electron chi connectivity index (χ1n) is 4.39. The van der Waals surface area contributed by atoms with Crippen molar-refractivity contribution in [2.75, 3.05) is 13.1 Å². The van der Waals surface area contributed by atoms with Crippen molar-refractivity contribution in [3.8, 4) is 0 Å². The van der Waals surface area contributed by atoms with E-state index in [1.807, 2.05) is 6.92 Å². The Morgan fingerprint density at radius 3 is 2.27 bits per heavy atom. The lowest BCUT2D eigenvalue weighted by Crippen LogP contribution is -2.47. The molecule has 1 saturated heterocycles. The number of rotatable bonds is 2. The quantitative estimate of drug-likeness (QED) is 0.562. The van der Waals surface area contributed by atoms with E-state index in [-0.39, 0.29) is 6.04 Å². The standard InChI is InChI=1S/C8H18N2O/c1-7(8(9)11)10-5-3-2-4-6-10/h7-8,11H,2-6,9H2,1H3. The average molecular weight is 158 g/mol. The highest BCUT2D eigenvalue weighted by molar-refractivity contribution is 4.73. The van der Waals surface area contributed by atoms with Gasteiger partial charge >= 0.3 is 0 Å². The zero-order valence-electron chi connectivity index (χ0n) is 7.16. The summed E-state index contributed by atoms with van der Waals surface area (Å²) in [6.07, 6.45) is 3.13. The van der Waals surface area contributed by atoms with Crippen LogP contribution in [0.25, 0.3) is 0 Å². The molecule has 0 radical (unpaired) electrons. The zero-order valence-corrected chi connectivity index (χ0v) is 7.16. The van der Waals surface area contributed by atoms with Gasteiger partial charge in [0.1, 0.15) is 6.23 Å². The van der Waals surface area contributed by atoms with Gasteiger partial charge in [0.15, 0.2) is 0 Å². The van der Waals surface area contributed by atoms with Gasteiger partial charge in [-0.25, -0.2) is 0 Å². The summed E-state index contributed by atoms with van der Waals surface area (Å²) in [4.78, 5) is 2.26. The van der Waals surface area contributed by atoms with Gasteiger partial charge in [-0.15, -0.1) is 0 Å². The van der Waals surface area contributed by atoms with Crippen LogP contribution < -0.4 is 5.73 Å². The maximum Gasteiger partial charge on any atom is 0.117 e. The molecule has 1 heterocycles. The summed E-state index contributed by atoms with van der Waals surface area (Å²) in [7, 11) is 0. The Bertz CT molecular complexity index is 111. The summed E-state index contributed by atoms with van der Waals surface area (Å²) in [6.45, 7) is 4.17. The molecule has 1 aliphatic rings. The number of hydrogen-bond acceptors (Lipinski definition) is 3. The van der Waals surface area contributed by atoms with Crippen molar-refractivity contribution in [1.82, 2.24) is 4.90 Å². The van der Waals surface area contributed by atoms with Crippen LogP contribution in [0.4, 0.5) is 0 Å². The topological polar surface area (TPSA) is 49.5 Å². The van der Waals surface area contributed by atoms with Crippen molar-refractivity contribution >= 4 is 0 Å². The van der Waals surface area contributed by atoms with Gasteiger partial charge in [0.2, 0.25) is 0 Å². The smallest absolute Gasteiger partial charge is 0.117 e. The van der Waals surface area contributed by atoms with Crippen LogP contribution in [0.1, 0.15) is 26.2 Å². The lowest BCUT2D eigenvalue weighted by Gasteiger charge is -2.33. The second-order valence-corrected chi connectivity index (χ2v) is 3.33. The van der Waals surface area contributed by atoms with Gasteiger partial charge in [0.05, 0.1) is 0 Å². The maximum atomic E-state index is 9.11. The second-order valence-electron chi connectivity index (χ2n) is 3.33. The molecule has 3 heteroatoms. The SMILES string of the molecule is CC(C(N)O)N1CCCCC1. The van der Waals surface area contributed by atoms with Crippen LogP contribution in [0, 0.1) is 0 Å². The molecule has 2 atom stereocenters. The fourth-order valence-corrected chi connectivity index (χ4v) is 1.54. The predicted octanol–water partition coefficient (Wildman–Crippen LogP) is 0.138. The summed E-state index contributed by atoms with van der Waals surface area (Å²) >= 11 is 0. The molecule has 11 heavy (non-hydrogen) atoms. The van der Waals surface area contributed by atoms with E-state index in [0.717, 1.165) is 13.1 Å². The highest BCUT2D eigenvalue weighted by Crippen LogP contribution is 2.12. The largest absolute Gasteiger partial charge is 0.377 e. The molecule has 3 N–H and O–H groups in total. The monoisotopic (exact) mass is 158 g/mol. The molecule has 0 amide bonds. The van der Waals surface area contributed by atoms with Crippen LogP contribution in [-0.2, 0) is 0 Å². The van der Waals surface area contributed by atoms with E-state index < -0.39 is 6.23 Å². The van der Waals surface area contributed by atoms with Crippen molar-refractivity contribution in [2.24, 2.45) is 5.73 Å². The average Bonchev–Trinajstić information content (AvgIpc) is 2.05. The highest BCUT2D eigenvalue weighted by Gasteiger charge is 2.19. The van der Waals surface area contributed by atoms with Gasteiger partial charge in [-0.1, -0.05) is 6.42 Å². The summed E-state index contributed by atoms with van der Waals surface area (Å²) in [5.41, 5.74) is 5.38. The third-order valence-electron chi connectivity index (χ3n) is 2.46. The zero-order chi connectivity index (χ0) is 8.27.